The quantitative estimate of drug-likeness (QED) is 0.814. The van der Waals surface area contributed by atoms with Crippen LogP contribution >= 0.6 is 12.2 Å². The van der Waals surface area contributed by atoms with E-state index in [2.05, 4.69) is 66.5 Å². The van der Waals surface area contributed by atoms with Crippen molar-refractivity contribution in [3.63, 3.8) is 0 Å². The van der Waals surface area contributed by atoms with Crippen molar-refractivity contribution in [2.45, 2.75) is 19.5 Å². The largest absolute Gasteiger partial charge is 0.335 e. The van der Waals surface area contributed by atoms with Gasteiger partial charge in [0.25, 0.3) is 0 Å². The number of thiocarbonyl (C=S) groups is 1. The fraction of sp³-hybridized carbons (Fsp3) is 0.278. The van der Waals surface area contributed by atoms with E-state index in [1.165, 1.54) is 27.8 Å². The van der Waals surface area contributed by atoms with E-state index >= 15 is 0 Å². The molecule has 1 atom stereocenters. The van der Waals surface area contributed by atoms with Crippen LogP contribution in [0.25, 0.3) is 0 Å². The minimum atomic E-state index is -0.274. The van der Waals surface area contributed by atoms with Gasteiger partial charge < -0.3 is 4.90 Å². The second-order valence-electron chi connectivity index (χ2n) is 5.89. The number of aryl methyl sites for hydroxylation is 1. The molecule has 0 spiro atoms. The minimum Gasteiger partial charge on any atom is -0.335 e. The molecule has 0 saturated carbocycles. The summed E-state index contributed by atoms with van der Waals surface area (Å²) in [5, 5.41) is 3.74. The highest BCUT2D eigenvalue weighted by Gasteiger charge is 2.52. The molecule has 1 saturated heterocycles. The van der Waals surface area contributed by atoms with E-state index in [0.29, 0.717) is 0 Å². The van der Waals surface area contributed by atoms with Crippen LogP contribution in [0.5, 0.6) is 0 Å². The van der Waals surface area contributed by atoms with Crippen molar-refractivity contribution < 1.29 is 0 Å². The third kappa shape index (κ3) is 1.53. The first-order chi connectivity index (χ1) is 10.2. The van der Waals surface area contributed by atoms with Crippen molar-refractivity contribution in [2.75, 3.05) is 13.1 Å². The number of nitrogens with zero attached hydrogens (tertiary/aromatic N) is 1. The van der Waals surface area contributed by atoms with Gasteiger partial charge in [-0.05, 0) is 25.0 Å². The first kappa shape index (κ1) is 13.0. The molecular weight excluding hydrogens is 276 g/mol. The van der Waals surface area contributed by atoms with Crippen molar-refractivity contribution in [1.82, 2.24) is 10.2 Å². The molecule has 3 heteroatoms. The van der Waals surface area contributed by atoms with E-state index in [0.717, 1.165) is 18.1 Å². The van der Waals surface area contributed by atoms with Gasteiger partial charge in [-0.25, -0.2) is 0 Å². The molecule has 0 aliphatic carbocycles. The summed E-state index contributed by atoms with van der Waals surface area (Å²) < 4.78 is 0. The molecule has 0 aromatic heterocycles. The van der Waals surface area contributed by atoms with Crippen LogP contribution in [0, 0.1) is 13.8 Å². The van der Waals surface area contributed by atoms with Crippen LogP contribution in [0.4, 0.5) is 0 Å². The molecule has 2 aromatic rings. The van der Waals surface area contributed by atoms with E-state index in [1.807, 2.05) is 0 Å². The first-order valence-corrected chi connectivity index (χ1v) is 7.80. The average molecular weight is 294 g/mol. The molecular formula is C18H18N2S. The maximum Gasteiger partial charge on any atom is 0.145 e. The molecule has 4 rings (SSSR count). The van der Waals surface area contributed by atoms with E-state index in [9.17, 15) is 0 Å². The highest BCUT2D eigenvalue weighted by molar-refractivity contribution is 7.80. The van der Waals surface area contributed by atoms with Crippen molar-refractivity contribution in [3.8, 4) is 0 Å². The van der Waals surface area contributed by atoms with Gasteiger partial charge >= 0.3 is 0 Å². The molecule has 2 nitrogen and oxygen atoms in total. The Labute approximate surface area is 130 Å². The van der Waals surface area contributed by atoms with Gasteiger partial charge in [0.05, 0.1) is 0 Å². The third-order valence-corrected chi connectivity index (χ3v) is 5.35. The van der Waals surface area contributed by atoms with Crippen LogP contribution in [-0.4, -0.2) is 23.0 Å². The van der Waals surface area contributed by atoms with Crippen LogP contribution in [-0.2, 0) is 5.66 Å². The van der Waals surface area contributed by atoms with Gasteiger partial charge in [0.15, 0.2) is 0 Å². The minimum absolute atomic E-state index is 0.274. The monoisotopic (exact) mass is 294 g/mol. The second-order valence-corrected chi connectivity index (χ2v) is 6.27. The number of rotatable bonds is 1. The van der Waals surface area contributed by atoms with Gasteiger partial charge in [-0.1, -0.05) is 54.7 Å². The summed E-state index contributed by atoms with van der Waals surface area (Å²) >= 11 is 5.75. The van der Waals surface area contributed by atoms with Gasteiger partial charge in [-0.2, -0.15) is 0 Å². The van der Waals surface area contributed by atoms with Crippen molar-refractivity contribution in [1.29, 1.82) is 0 Å². The number of nitrogens with one attached hydrogen (secondary N) is 1. The van der Waals surface area contributed by atoms with Crippen LogP contribution in [0.2, 0.25) is 0 Å². The van der Waals surface area contributed by atoms with Gasteiger partial charge in [-0.3, -0.25) is 5.32 Å². The summed E-state index contributed by atoms with van der Waals surface area (Å²) in [6.45, 7) is 6.30. The molecule has 1 unspecified atom stereocenters. The Hall–Kier alpha value is -1.71. The smallest absolute Gasteiger partial charge is 0.145 e. The van der Waals surface area contributed by atoms with Crippen LogP contribution < -0.4 is 5.32 Å². The highest BCUT2D eigenvalue weighted by Crippen LogP contribution is 2.45. The summed E-state index contributed by atoms with van der Waals surface area (Å²) in [4.78, 5) is 3.32. The SMILES string of the molecule is Cc1cccc(C23NCCN2C(=S)c2ccccc23)c1C. The molecule has 106 valence electrons. The molecule has 0 amide bonds. The first-order valence-electron chi connectivity index (χ1n) is 7.39. The van der Waals surface area contributed by atoms with Gasteiger partial charge in [0, 0.05) is 29.8 Å². The molecule has 0 radical (unpaired) electrons. The van der Waals surface area contributed by atoms with Gasteiger partial charge in [0.2, 0.25) is 0 Å². The maximum atomic E-state index is 5.75. The van der Waals surface area contributed by atoms with Crippen LogP contribution in [0.15, 0.2) is 42.5 Å². The molecule has 2 heterocycles. The zero-order valence-electron chi connectivity index (χ0n) is 12.3. The van der Waals surface area contributed by atoms with E-state index < -0.39 is 0 Å². The Bertz CT molecular complexity index is 753. The lowest BCUT2D eigenvalue weighted by molar-refractivity contribution is 0.279. The Morgan fingerprint density at radius 1 is 1.05 bits per heavy atom. The standard InChI is InChI=1S/C18H18N2S/c1-12-6-5-9-15(13(12)2)18-16-8-4-3-7-14(16)17(21)20(18)11-10-19-18/h3-9,19H,10-11H2,1-2H3. The van der Waals surface area contributed by atoms with E-state index in [1.54, 1.807) is 0 Å². The lowest BCUT2D eigenvalue weighted by atomic mass is 9.87. The van der Waals surface area contributed by atoms with Crippen molar-refractivity contribution in [3.05, 3.63) is 70.3 Å². The topological polar surface area (TPSA) is 15.3 Å². The Kier molecular flexibility index (Phi) is 2.72. The van der Waals surface area contributed by atoms with E-state index in [4.69, 9.17) is 12.2 Å². The number of benzene rings is 2. The second kappa shape index (κ2) is 4.39. The number of hydrogen-bond acceptors (Lipinski definition) is 2. The van der Waals surface area contributed by atoms with Crippen LogP contribution in [0.1, 0.15) is 27.8 Å². The average Bonchev–Trinajstić information content (AvgIpc) is 3.03. The lowest BCUT2D eigenvalue weighted by Gasteiger charge is -2.36. The Morgan fingerprint density at radius 2 is 1.81 bits per heavy atom. The predicted molar refractivity (Wildman–Crippen MR) is 89.5 cm³/mol. The Morgan fingerprint density at radius 3 is 2.67 bits per heavy atom. The summed E-state index contributed by atoms with van der Waals surface area (Å²) in [7, 11) is 0. The van der Waals surface area contributed by atoms with Crippen molar-refractivity contribution in [2.24, 2.45) is 0 Å². The molecule has 1 N–H and O–H groups in total. The zero-order chi connectivity index (χ0) is 14.6. The lowest BCUT2D eigenvalue weighted by Crippen LogP contribution is -2.47. The van der Waals surface area contributed by atoms with Crippen LogP contribution in [0.3, 0.4) is 0 Å². The highest BCUT2D eigenvalue weighted by atomic mass is 32.1. The van der Waals surface area contributed by atoms with Crippen molar-refractivity contribution >= 4 is 17.2 Å². The van der Waals surface area contributed by atoms with E-state index in [-0.39, 0.29) is 5.66 Å². The molecule has 1 fully saturated rings. The maximum absolute atomic E-state index is 5.75. The predicted octanol–water partition coefficient (Wildman–Crippen LogP) is 3.10. The number of fused-ring (bicyclic) bond motifs is 3. The third-order valence-electron chi connectivity index (χ3n) is 4.91. The van der Waals surface area contributed by atoms with Gasteiger partial charge in [-0.15, -0.1) is 0 Å². The fourth-order valence-corrected chi connectivity index (χ4v) is 4.17. The summed E-state index contributed by atoms with van der Waals surface area (Å²) in [6, 6.07) is 15.1. The molecule has 21 heavy (non-hydrogen) atoms. The zero-order valence-corrected chi connectivity index (χ0v) is 13.1. The summed E-state index contributed by atoms with van der Waals surface area (Å²) in [6.07, 6.45) is 0. The fourth-order valence-electron chi connectivity index (χ4n) is 3.77. The van der Waals surface area contributed by atoms with Gasteiger partial charge in [0.1, 0.15) is 10.7 Å². The molecule has 2 aliphatic rings. The normalized spacial score (nSPS) is 23.3. The molecule has 2 aliphatic heterocycles. The number of hydrogen-bond donors (Lipinski definition) is 1. The summed E-state index contributed by atoms with van der Waals surface area (Å²) in [5.74, 6) is 0. The Balaban J connectivity index is 2.05. The molecule has 0 bridgehead atoms. The summed E-state index contributed by atoms with van der Waals surface area (Å²) in [5.41, 5.74) is 6.21. The molecule has 2 aromatic carbocycles.